The molecule has 2 rings (SSSR count). The summed E-state index contributed by atoms with van der Waals surface area (Å²) in [5.74, 6) is -0.375. The Bertz CT molecular complexity index is 543. The van der Waals surface area contributed by atoms with Crippen LogP contribution in [0.25, 0.3) is 0 Å². The minimum Gasteiger partial charge on any atom is -0.352 e. The average molecular weight is 244 g/mol. The number of nitrogens with one attached hydrogen (secondary N) is 1. The molecule has 3 nitrogen and oxygen atoms in total. The van der Waals surface area contributed by atoms with Crippen LogP contribution in [0, 0.1) is 5.82 Å². The van der Waals surface area contributed by atoms with Crippen LogP contribution in [0.3, 0.4) is 0 Å². The number of nitrogens with two attached hydrogens (primary N) is 1. The second-order valence-electron chi connectivity index (χ2n) is 3.87. The highest BCUT2D eigenvalue weighted by Crippen LogP contribution is 2.23. The van der Waals surface area contributed by atoms with Crippen molar-refractivity contribution in [3.63, 3.8) is 0 Å². The predicted octanol–water partition coefficient (Wildman–Crippen LogP) is 2.58. The van der Waals surface area contributed by atoms with Crippen LogP contribution in [0.2, 0.25) is 0 Å². The molecule has 0 radical (unpaired) electrons. The Kier molecular flexibility index (Phi) is 3.57. The molecule has 2 aromatic rings. The number of carbonyl (C=O) groups excluding carboxylic acids is 1. The van der Waals surface area contributed by atoms with Gasteiger partial charge in [-0.3, -0.25) is 0 Å². The van der Waals surface area contributed by atoms with E-state index in [0.29, 0.717) is 5.56 Å². The standard InChI is InChI=1S/C14H13FN2O/c15-12-9-5-4-8-11(12)13(17-14(16)18)10-6-2-1-3-7-10/h1-9,13H,(H3,16,17,18)/t13-/m0/s1. The highest BCUT2D eigenvalue weighted by atomic mass is 19.1. The molecule has 0 spiro atoms. The first kappa shape index (κ1) is 12.1. The molecule has 18 heavy (non-hydrogen) atoms. The van der Waals surface area contributed by atoms with Gasteiger partial charge in [0.05, 0.1) is 6.04 Å². The van der Waals surface area contributed by atoms with Gasteiger partial charge in [-0.05, 0) is 11.6 Å². The van der Waals surface area contributed by atoms with Gasteiger partial charge in [0.15, 0.2) is 0 Å². The lowest BCUT2D eigenvalue weighted by Gasteiger charge is -2.19. The molecule has 2 amide bonds. The Labute approximate surface area is 104 Å². The SMILES string of the molecule is NC(=O)N[C@@H](c1ccccc1)c1ccccc1F. The number of benzene rings is 2. The molecule has 0 aliphatic rings. The van der Waals surface area contributed by atoms with Crippen LogP contribution >= 0.6 is 0 Å². The first-order valence-corrected chi connectivity index (χ1v) is 5.54. The van der Waals surface area contributed by atoms with Crippen LogP contribution in [-0.2, 0) is 0 Å². The molecule has 0 fully saturated rings. The second kappa shape index (κ2) is 5.31. The quantitative estimate of drug-likeness (QED) is 0.856. The van der Waals surface area contributed by atoms with Crippen molar-refractivity contribution < 1.29 is 9.18 Å². The first-order valence-electron chi connectivity index (χ1n) is 5.54. The van der Waals surface area contributed by atoms with Gasteiger partial charge in [-0.2, -0.15) is 0 Å². The molecule has 3 N–H and O–H groups in total. The molecule has 0 aliphatic carbocycles. The molecular formula is C14H13FN2O. The topological polar surface area (TPSA) is 55.1 Å². The Morgan fingerprint density at radius 2 is 1.67 bits per heavy atom. The van der Waals surface area contributed by atoms with Gasteiger partial charge in [0, 0.05) is 5.56 Å². The van der Waals surface area contributed by atoms with Crippen molar-refractivity contribution in [2.75, 3.05) is 0 Å². The zero-order valence-corrected chi connectivity index (χ0v) is 9.64. The number of hydrogen-bond acceptors (Lipinski definition) is 1. The number of carbonyl (C=O) groups is 1. The maximum Gasteiger partial charge on any atom is 0.312 e. The van der Waals surface area contributed by atoms with Gasteiger partial charge in [0.1, 0.15) is 5.82 Å². The fourth-order valence-electron chi connectivity index (χ4n) is 1.84. The number of halogens is 1. The van der Waals surface area contributed by atoms with Gasteiger partial charge in [-0.1, -0.05) is 48.5 Å². The van der Waals surface area contributed by atoms with Crippen molar-refractivity contribution in [1.29, 1.82) is 0 Å². The third kappa shape index (κ3) is 2.66. The molecule has 0 saturated carbocycles. The second-order valence-corrected chi connectivity index (χ2v) is 3.87. The average Bonchev–Trinajstić information content (AvgIpc) is 2.38. The van der Waals surface area contributed by atoms with Gasteiger partial charge < -0.3 is 11.1 Å². The van der Waals surface area contributed by atoms with E-state index in [1.54, 1.807) is 18.2 Å². The van der Waals surface area contributed by atoms with E-state index in [1.807, 2.05) is 30.3 Å². The fourth-order valence-corrected chi connectivity index (χ4v) is 1.84. The molecule has 0 bridgehead atoms. The zero-order valence-electron chi connectivity index (χ0n) is 9.64. The van der Waals surface area contributed by atoms with Crippen molar-refractivity contribution in [3.8, 4) is 0 Å². The number of primary amides is 1. The van der Waals surface area contributed by atoms with Gasteiger partial charge in [-0.25, -0.2) is 9.18 Å². The molecule has 2 aromatic carbocycles. The summed E-state index contributed by atoms with van der Waals surface area (Å²) in [5, 5.41) is 2.55. The third-order valence-corrected chi connectivity index (χ3v) is 2.64. The van der Waals surface area contributed by atoms with Crippen molar-refractivity contribution in [2.45, 2.75) is 6.04 Å². The van der Waals surface area contributed by atoms with Crippen LogP contribution in [-0.4, -0.2) is 6.03 Å². The largest absolute Gasteiger partial charge is 0.352 e. The van der Waals surface area contributed by atoms with E-state index in [4.69, 9.17) is 5.73 Å². The van der Waals surface area contributed by atoms with Gasteiger partial charge in [0.25, 0.3) is 0 Å². The summed E-state index contributed by atoms with van der Waals surface area (Å²) in [7, 11) is 0. The van der Waals surface area contributed by atoms with Crippen molar-refractivity contribution >= 4 is 6.03 Å². The van der Waals surface area contributed by atoms with Crippen LogP contribution in [0.1, 0.15) is 17.2 Å². The lowest BCUT2D eigenvalue weighted by molar-refractivity contribution is 0.246. The van der Waals surface area contributed by atoms with Crippen LogP contribution in [0.15, 0.2) is 54.6 Å². The normalized spacial score (nSPS) is 11.8. The summed E-state index contributed by atoms with van der Waals surface area (Å²) in [6, 6.07) is 14.2. The highest BCUT2D eigenvalue weighted by molar-refractivity contribution is 5.72. The number of amides is 2. The molecular weight excluding hydrogens is 231 g/mol. The summed E-state index contributed by atoms with van der Waals surface area (Å²) in [5.41, 5.74) is 6.32. The van der Waals surface area contributed by atoms with Crippen LogP contribution in [0.4, 0.5) is 9.18 Å². The smallest absolute Gasteiger partial charge is 0.312 e. The summed E-state index contributed by atoms with van der Waals surface area (Å²) < 4.78 is 13.8. The molecule has 0 aliphatic heterocycles. The molecule has 0 aromatic heterocycles. The Morgan fingerprint density at radius 3 is 2.28 bits per heavy atom. The predicted molar refractivity (Wildman–Crippen MR) is 67.4 cm³/mol. The van der Waals surface area contributed by atoms with E-state index in [1.165, 1.54) is 6.07 Å². The number of hydrogen-bond donors (Lipinski definition) is 2. The maximum atomic E-state index is 13.8. The number of rotatable bonds is 3. The molecule has 0 unspecified atom stereocenters. The molecule has 0 heterocycles. The van der Waals surface area contributed by atoms with E-state index < -0.39 is 12.1 Å². The fraction of sp³-hybridized carbons (Fsp3) is 0.0714. The van der Waals surface area contributed by atoms with Crippen molar-refractivity contribution in [2.24, 2.45) is 5.73 Å². The van der Waals surface area contributed by atoms with Crippen molar-refractivity contribution in [1.82, 2.24) is 5.32 Å². The van der Waals surface area contributed by atoms with E-state index >= 15 is 0 Å². The van der Waals surface area contributed by atoms with Gasteiger partial charge >= 0.3 is 6.03 Å². The van der Waals surface area contributed by atoms with E-state index in [9.17, 15) is 9.18 Å². The summed E-state index contributed by atoms with van der Waals surface area (Å²) in [4.78, 5) is 11.1. The minimum absolute atomic E-state index is 0.375. The van der Waals surface area contributed by atoms with Crippen molar-refractivity contribution in [3.05, 3.63) is 71.5 Å². The highest BCUT2D eigenvalue weighted by Gasteiger charge is 2.18. The van der Waals surface area contributed by atoms with E-state index in [2.05, 4.69) is 5.32 Å². The summed E-state index contributed by atoms with van der Waals surface area (Å²) in [6.45, 7) is 0. The first-order chi connectivity index (χ1) is 8.68. The van der Waals surface area contributed by atoms with E-state index in [0.717, 1.165) is 5.56 Å². The Morgan fingerprint density at radius 1 is 1.06 bits per heavy atom. The molecule has 0 saturated heterocycles. The Hall–Kier alpha value is -2.36. The van der Waals surface area contributed by atoms with Crippen LogP contribution in [0.5, 0.6) is 0 Å². The monoisotopic (exact) mass is 244 g/mol. The lowest BCUT2D eigenvalue weighted by atomic mass is 9.98. The molecule has 92 valence electrons. The lowest BCUT2D eigenvalue weighted by Crippen LogP contribution is -2.34. The van der Waals surface area contributed by atoms with Gasteiger partial charge in [-0.15, -0.1) is 0 Å². The zero-order chi connectivity index (χ0) is 13.0. The number of urea groups is 1. The minimum atomic E-state index is -0.688. The Balaban J connectivity index is 2.44. The molecule has 4 heteroatoms. The van der Waals surface area contributed by atoms with Gasteiger partial charge in [0.2, 0.25) is 0 Å². The summed E-state index contributed by atoms with van der Waals surface area (Å²) in [6.07, 6.45) is 0. The van der Waals surface area contributed by atoms with Crippen LogP contribution < -0.4 is 11.1 Å². The maximum absolute atomic E-state index is 13.8. The van der Waals surface area contributed by atoms with E-state index in [-0.39, 0.29) is 5.82 Å². The third-order valence-electron chi connectivity index (χ3n) is 2.64. The summed E-state index contributed by atoms with van der Waals surface area (Å²) >= 11 is 0. The molecule has 1 atom stereocenters.